The van der Waals surface area contributed by atoms with Crippen molar-refractivity contribution in [3.8, 4) is 11.5 Å². The number of rotatable bonds is 8. The van der Waals surface area contributed by atoms with E-state index in [-0.39, 0.29) is 0 Å². The highest BCUT2D eigenvalue weighted by Crippen LogP contribution is 2.29. The Bertz CT molecular complexity index is 961. The maximum absolute atomic E-state index is 6.19. The normalized spacial score (nSPS) is 10.8. The average molecular weight is 415 g/mol. The largest absolute Gasteiger partial charge is 0.490 e. The number of benzene rings is 3. The summed E-state index contributed by atoms with van der Waals surface area (Å²) in [6.07, 6.45) is 1.71. The predicted octanol–water partition coefficient (Wildman–Crippen LogP) is 6.42. The van der Waals surface area contributed by atoms with E-state index < -0.39 is 0 Å². The highest BCUT2D eigenvalue weighted by molar-refractivity contribution is 6.31. The Kier molecular flexibility index (Phi) is 7.18. The van der Waals surface area contributed by atoms with Crippen LogP contribution in [0.1, 0.15) is 18.1 Å². The van der Waals surface area contributed by atoms with Gasteiger partial charge in [0, 0.05) is 15.6 Å². The molecule has 0 fully saturated rings. The van der Waals surface area contributed by atoms with Gasteiger partial charge in [-0.2, -0.15) is 5.10 Å². The highest BCUT2D eigenvalue weighted by atomic mass is 35.5. The fourth-order valence-corrected chi connectivity index (χ4v) is 2.88. The Hall–Kier alpha value is -2.69. The molecule has 0 spiro atoms. The van der Waals surface area contributed by atoms with E-state index in [1.807, 2.05) is 67.6 Å². The quantitative estimate of drug-likeness (QED) is 0.341. The number of anilines is 1. The molecule has 1 N–H and O–H groups in total. The van der Waals surface area contributed by atoms with Crippen molar-refractivity contribution in [3.05, 3.63) is 87.9 Å². The fraction of sp³-hybridized carbons (Fsp3) is 0.136. The molecule has 144 valence electrons. The van der Waals surface area contributed by atoms with Crippen LogP contribution >= 0.6 is 23.2 Å². The molecule has 6 heteroatoms. The minimum atomic E-state index is 0.365. The van der Waals surface area contributed by atoms with Crippen LogP contribution in [0.25, 0.3) is 0 Å². The lowest BCUT2D eigenvalue weighted by atomic mass is 10.2. The maximum Gasteiger partial charge on any atom is 0.161 e. The molecule has 3 rings (SSSR count). The molecule has 0 bridgehead atoms. The molecule has 28 heavy (non-hydrogen) atoms. The van der Waals surface area contributed by atoms with Crippen LogP contribution in [0.4, 0.5) is 5.69 Å². The number of ether oxygens (including phenoxy) is 2. The van der Waals surface area contributed by atoms with E-state index in [2.05, 4.69) is 10.5 Å². The number of nitrogens with zero attached hydrogens (tertiary/aromatic N) is 1. The lowest BCUT2D eigenvalue weighted by Crippen LogP contribution is -2.01. The van der Waals surface area contributed by atoms with Crippen molar-refractivity contribution in [2.24, 2.45) is 5.10 Å². The Morgan fingerprint density at radius 1 is 0.929 bits per heavy atom. The summed E-state index contributed by atoms with van der Waals surface area (Å²) in [6, 6.07) is 20.6. The third kappa shape index (κ3) is 5.65. The van der Waals surface area contributed by atoms with E-state index in [1.54, 1.807) is 12.3 Å². The molecular formula is C22H20Cl2N2O2. The van der Waals surface area contributed by atoms with E-state index >= 15 is 0 Å². The van der Waals surface area contributed by atoms with Crippen LogP contribution in [-0.4, -0.2) is 12.8 Å². The first-order valence-electron chi connectivity index (χ1n) is 8.83. The molecule has 0 atom stereocenters. The SMILES string of the molecule is CCOc1cc(C=NNc2cccc(Cl)c2)ccc1OCc1ccccc1Cl. The summed E-state index contributed by atoms with van der Waals surface area (Å²) in [4.78, 5) is 0. The van der Waals surface area contributed by atoms with E-state index in [4.69, 9.17) is 32.7 Å². The van der Waals surface area contributed by atoms with Crippen molar-refractivity contribution in [1.82, 2.24) is 0 Å². The van der Waals surface area contributed by atoms with Crippen LogP contribution in [0.3, 0.4) is 0 Å². The zero-order chi connectivity index (χ0) is 19.8. The Morgan fingerprint density at radius 2 is 1.79 bits per heavy atom. The zero-order valence-corrected chi connectivity index (χ0v) is 16.9. The van der Waals surface area contributed by atoms with Crippen molar-refractivity contribution in [1.29, 1.82) is 0 Å². The first-order chi connectivity index (χ1) is 13.7. The lowest BCUT2D eigenvalue weighted by Gasteiger charge is -2.13. The Balaban J connectivity index is 1.69. The van der Waals surface area contributed by atoms with Gasteiger partial charge in [-0.3, -0.25) is 5.43 Å². The molecule has 0 saturated carbocycles. The summed E-state index contributed by atoms with van der Waals surface area (Å²) in [5.74, 6) is 1.31. The second kappa shape index (κ2) is 10.0. The van der Waals surface area contributed by atoms with E-state index in [0.717, 1.165) is 16.8 Å². The summed E-state index contributed by atoms with van der Waals surface area (Å²) in [6.45, 7) is 2.83. The first kappa shape index (κ1) is 20.1. The summed E-state index contributed by atoms with van der Waals surface area (Å²) in [5.41, 5.74) is 5.56. The molecule has 0 aliphatic heterocycles. The van der Waals surface area contributed by atoms with E-state index in [0.29, 0.717) is 34.8 Å². The predicted molar refractivity (Wildman–Crippen MR) is 116 cm³/mol. The Morgan fingerprint density at radius 3 is 2.57 bits per heavy atom. The fourth-order valence-electron chi connectivity index (χ4n) is 2.50. The van der Waals surface area contributed by atoms with Crippen LogP contribution in [-0.2, 0) is 6.61 Å². The molecule has 0 saturated heterocycles. The molecule has 0 radical (unpaired) electrons. The van der Waals surface area contributed by atoms with Gasteiger partial charge in [0.2, 0.25) is 0 Å². The van der Waals surface area contributed by atoms with Crippen LogP contribution < -0.4 is 14.9 Å². The monoisotopic (exact) mass is 414 g/mol. The van der Waals surface area contributed by atoms with Crippen LogP contribution in [0, 0.1) is 0 Å². The number of halogens is 2. The van der Waals surface area contributed by atoms with Crippen molar-refractivity contribution in [2.75, 3.05) is 12.0 Å². The third-order valence-electron chi connectivity index (χ3n) is 3.84. The zero-order valence-electron chi connectivity index (χ0n) is 15.4. The minimum absolute atomic E-state index is 0.365. The molecule has 3 aromatic carbocycles. The van der Waals surface area contributed by atoms with Gasteiger partial charge in [-0.1, -0.05) is 47.5 Å². The molecule has 4 nitrogen and oxygen atoms in total. The van der Waals surface area contributed by atoms with Crippen LogP contribution in [0.2, 0.25) is 10.0 Å². The van der Waals surface area contributed by atoms with E-state index in [9.17, 15) is 0 Å². The van der Waals surface area contributed by atoms with Gasteiger partial charge in [0.25, 0.3) is 0 Å². The van der Waals surface area contributed by atoms with Gasteiger partial charge in [-0.25, -0.2) is 0 Å². The van der Waals surface area contributed by atoms with Gasteiger partial charge in [-0.15, -0.1) is 0 Å². The lowest BCUT2D eigenvalue weighted by molar-refractivity contribution is 0.269. The summed E-state index contributed by atoms with van der Waals surface area (Å²) in [7, 11) is 0. The number of hydrazone groups is 1. The maximum atomic E-state index is 6.19. The highest BCUT2D eigenvalue weighted by Gasteiger charge is 2.08. The number of nitrogens with one attached hydrogen (secondary N) is 1. The third-order valence-corrected chi connectivity index (χ3v) is 4.44. The summed E-state index contributed by atoms with van der Waals surface area (Å²) < 4.78 is 11.6. The molecule has 0 aliphatic rings. The van der Waals surface area contributed by atoms with Crippen molar-refractivity contribution in [3.63, 3.8) is 0 Å². The molecule has 0 heterocycles. The first-order valence-corrected chi connectivity index (χ1v) is 9.59. The Labute approximate surface area is 174 Å². The van der Waals surface area contributed by atoms with Crippen molar-refractivity contribution >= 4 is 35.1 Å². The van der Waals surface area contributed by atoms with Gasteiger partial charge in [0.05, 0.1) is 18.5 Å². The van der Waals surface area contributed by atoms with Gasteiger partial charge >= 0.3 is 0 Å². The molecule has 0 amide bonds. The number of hydrogen-bond acceptors (Lipinski definition) is 4. The topological polar surface area (TPSA) is 42.8 Å². The van der Waals surface area contributed by atoms with Gasteiger partial charge in [0.15, 0.2) is 11.5 Å². The van der Waals surface area contributed by atoms with Gasteiger partial charge < -0.3 is 9.47 Å². The molecule has 0 unspecified atom stereocenters. The molecule has 3 aromatic rings. The second-order valence-corrected chi connectivity index (χ2v) is 6.74. The summed E-state index contributed by atoms with van der Waals surface area (Å²) >= 11 is 12.2. The molecule has 0 aliphatic carbocycles. The van der Waals surface area contributed by atoms with Crippen LogP contribution in [0.15, 0.2) is 71.8 Å². The second-order valence-electron chi connectivity index (χ2n) is 5.90. The van der Waals surface area contributed by atoms with Gasteiger partial charge in [0.1, 0.15) is 6.61 Å². The molecular weight excluding hydrogens is 395 g/mol. The van der Waals surface area contributed by atoms with Crippen molar-refractivity contribution < 1.29 is 9.47 Å². The van der Waals surface area contributed by atoms with E-state index in [1.165, 1.54) is 0 Å². The minimum Gasteiger partial charge on any atom is -0.490 e. The smallest absolute Gasteiger partial charge is 0.161 e. The van der Waals surface area contributed by atoms with Gasteiger partial charge in [-0.05, 0) is 55.0 Å². The standard InChI is InChI=1S/C22H20Cl2N2O2/c1-2-27-22-12-16(14-25-26-19-8-5-7-18(23)13-19)10-11-21(22)28-15-17-6-3-4-9-20(17)24/h3-14,26H,2,15H2,1H3. The average Bonchev–Trinajstić information content (AvgIpc) is 2.69. The molecule has 0 aromatic heterocycles. The van der Waals surface area contributed by atoms with Crippen molar-refractivity contribution in [2.45, 2.75) is 13.5 Å². The van der Waals surface area contributed by atoms with Crippen LogP contribution in [0.5, 0.6) is 11.5 Å². The summed E-state index contributed by atoms with van der Waals surface area (Å²) in [5, 5.41) is 5.57. The number of hydrogen-bond donors (Lipinski definition) is 1.